The summed E-state index contributed by atoms with van der Waals surface area (Å²) in [5.74, 6) is -0.813. The van der Waals surface area contributed by atoms with E-state index < -0.39 is 38.1 Å². The van der Waals surface area contributed by atoms with Gasteiger partial charge in [-0.3, -0.25) is 19.1 Å². The van der Waals surface area contributed by atoms with Gasteiger partial charge in [0, 0.05) is 18.7 Å². The Balaban J connectivity index is 2.91. The van der Waals surface area contributed by atoms with Crippen LogP contribution in [0.5, 0.6) is 0 Å². The summed E-state index contributed by atoms with van der Waals surface area (Å²) in [6, 6.07) is 0. The van der Waals surface area contributed by atoms with Crippen molar-refractivity contribution in [3.8, 4) is 0 Å². The van der Waals surface area contributed by atoms with Crippen LogP contribution in [0.15, 0.2) is 11.8 Å². The summed E-state index contributed by atoms with van der Waals surface area (Å²) in [6.45, 7) is 7.75. The van der Waals surface area contributed by atoms with Crippen LogP contribution in [0.1, 0.15) is 41.0 Å². The highest BCUT2D eigenvalue weighted by atomic mass is 31.2. The highest BCUT2D eigenvalue weighted by Crippen LogP contribution is 2.49. The molecule has 0 bridgehead atoms. The second-order valence-electron chi connectivity index (χ2n) is 6.25. The fourth-order valence-electron chi connectivity index (χ4n) is 2.65. The van der Waals surface area contributed by atoms with E-state index in [2.05, 4.69) is 0 Å². The molecule has 0 spiro atoms. The van der Waals surface area contributed by atoms with Crippen LogP contribution >= 0.6 is 7.60 Å². The lowest BCUT2D eigenvalue weighted by molar-refractivity contribution is -0.140. The van der Waals surface area contributed by atoms with Crippen LogP contribution in [0.3, 0.4) is 0 Å². The number of nitrogens with zero attached hydrogens (tertiary/aromatic N) is 1. The molecule has 27 heavy (non-hydrogen) atoms. The summed E-state index contributed by atoms with van der Waals surface area (Å²) in [4.78, 5) is 24.3. The molecule has 0 saturated carbocycles. The van der Waals surface area contributed by atoms with Crippen LogP contribution in [-0.4, -0.2) is 65.7 Å². The molecule has 1 aliphatic rings. The summed E-state index contributed by atoms with van der Waals surface area (Å²) in [5, 5.41) is 10.2. The van der Waals surface area contributed by atoms with Crippen molar-refractivity contribution in [1.82, 2.24) is 4.90 Å². The number of hydrogen-bond acceptors (Lipinski definition) is 7. The van der Waals surface area contributed by atoms with Crippen LogP contribution in [0.2, 0.25) is 0 Å². The average molecular weight is 409 g/mol. The van der Waals surface area contributed by atoms with E-state index in [-0.39, 0.29) is 37.2 Å². The number of carbonyl (C=O) groups excluding carboxylic acids is 2. The molecule has 1 fully saturated rings. The number of Topliss-reactive ketones (excluding diaryl/α,β-unsaturated/α-hetero) is 1. The van der Waals surface area contributed by atoms with Gasteiger partial charge < -0.3 is 18.9 Å². The minimum Gasteiger partial charge on any atom is -0.387 e. The number of halogens is 1. The van der Waals surface area contributed by atoms with Gasteiger partial charge in [-0.2, -0.15) is 0 Å². The van der Waals surface area contributed by atoms with Gasteiger partial charge in [-0.25, -0.2) is 4.39 Å². The molecule has 0 aromatic rings. The maximum absolute atomic E-state index is 14.6. The van der Waals surface area contributed by atoms with Crippen molar-refractivity contribution in [2.24, 2.45) is 0 Å². The Hall–Kier alpha value is -1.12. The number of ketones is 1. The fraction of sp³-hybridized carbons (Fsp3) is 0.765. The predicted octanol–water partition coefficient (Wildman–Crippen LogP) is 2.41. The van der Waals surface area contributed by atoms with Crippen LogP contribution in [0.25, 0.3) is 0 Å². The molecule has 1 rings (SSSR count). The third kappa shape index (κ3) is 6.47. The third-order valence-corrected chi connectivity index (χ3v) is 6.27. The van der Waals surface area contributed by atoms with Gasteiger partial charge >= 0.3 is 7.60 Å². The zero-order valence-corrected chi connectivity index (χ0v) is 17.3. The number of allylic oxidation sites excluding steroid dienone is 1. The number of aliphatic hydroxyl groups is 1. The highest BCUT2D eigenvalue weighted by molar-refractivity contribution is 7.53. The van der Waals surface area contributed by atoms with Crippen LogP contribution < -0.4 is 0 Å². The molecule has 0 aromatic heterocycles. The van der Waals surface area contributed by atoms with Gasteiger partial charge in [0.15, 0.2) is 18.2 Å². The molecule has 1 aliphatic heterocycles. The van der Waals surface area contributed by atoms with Crippen LogP contribution in [0.4, 0.5) is 4.39 Å². The van der Waals surface area contributed by atoms with E-state index in [0.29, 0.717) is 0 Å². The van der Waals surface area contributed by atoms with E-state index in [0.717, 1.165) is 4.90 Å². The van der Waals surface area contributed by atoms with Gasteiger partial charge in [-0.05, 0) is 34.1 Å². The van der Waals surface area contributed by atoms with E-state index in [4.69, 9.17) is 13.8 Å². The molecule has 10 heteroatoms. The maximum atomic E-state index is 14.6. The standard InChI is InChI=1S/C17H29FNO7P/c1-6-24-27(23,25-7-2)9-8-14-16(22)15(18)17(26-14)19(13(5)21)10-11(3)12(4)20/h10,14-17,22H,6-9H2,1-5H3/b11-10-/t14-,15-,16-,17-/m1/s1. The lowest BCUT2D eigenvalue weighted by Gasteiger charge is -2.26. The first-order valence-electron chi connectivity index (χ1n) is 8.90. The molecular formula is C17H29FNO7P. The summed E-state index contributed by atoms with van der Waals surface area (Å²) in [7, 11) is -3.37. The second-order valence-corrected chi connectivity index (χ2v) is 8.44. The molecule has 0 aromatic carbocycles. The zero-order chi connectivity index (χ0) is 20.8. The van der Waals surface area contributed by atoms with Crippen LogP contribution in [0, 0.1) is 0 Å². The van der Waals surface area contributed by atoms with Crippen molar-refractivity contribution in [2.45, 2.75) is 65.6 Å². The van der Waals surface area contributed by atoms with Crippen LogP contribution in [-0.2, 0) is 27.9 Å². The summed E-state index contributed by atoms with van der Waals surface area (Å²) < 4.78 is 43.0. The van der Waals surface area contributed by atoms with Gasteiger partial charge in [-0.15, -0.1) is 0 Å². The molecule has 1 N–H and O–H groups in total. The largest absolute Gasteiger partial charge is 0.387 e. The van der Waals surface area contributed by atoms with E-state index in [1.54, 1.807) is 13.8 Å². The predicted molar refractivity (Wildman–Crippen MR) is 96.9 cm³/mol. The molecule has 0 radical (unpaired) electrons. The Morgan fingerprint density at radius 3 is 2.22 bits per heavy atom. The smallest absolute Gasteiger partial charge is 0.330 e. The lowest BCUT2D eigenvalue weighted by Crippen LogP contribution is -2.41. The summed E-state index contributed by atoms with van der Waals surface area (Å²) >= 11 is 0. The molecule has 1 heterocycles. The van der Waals surface area contributed by atoms with E-state index in [9.17, 15) is 23.7 Å². The number of alkyl halides is 1. The number of carbonyl (C=O) groups is 2. The second kappa shape index (κ2) is 10.4. The van der Waals surface area contributed by atoms with Crippen molar-refractivity contribution in [3.63, 3.8) is 0 Å². The molecule has 0 unspecified atom stereocenters. The quantitative estimate of drug-likeness (QED) is 0.437. The Bertz CT molecular complexity index is 602. The minimum atomic E-state index is -3.37. The first-order chi connectivity index (χ1) is 12.6. The molecule has 156 valence electrons. The molecule has 4 atom stereocenters. The van der Waals surface area contributed by atoms with E-state index >= 15 is 0 Å². The first-order valence-corrected chi connectivity index (χ1v) is 10.6. The number of amides is 1. The van der Waals surface area contributed by atoms with Gasteiger partial charge in [0.25, 0.3) is 0 Å². The average Bonchev–Trinajstić information content (AvgIpc) is 2.86. The number of hydrogen-bond donors (Lipinski definition) is 1. The van der Waals surface area contributed by atoms with Gasteiger partial charge in [0.2, 0.25) is 5.91 Å². The number of rotatable bonds is 10. The fourth-order valence-corrected chi connectivity index (χ4v) is 4.34. The van der Waals surface area contributed by atoms with E-state index in [1.807, 2.05) is 0 Å². The van der Waals surface area contributed by atoms with Crippen molar-refractivity contribution in [1.29, 1.82) is 0 Å². The van der Waals surface area contributed by atoms with Gasteiger partial charge in [0.1, 0.15) is 6.10 Å². The lowest BCUT2D eigenvalue weighted by atomic mass is 10.1. The van der Waals surface area contributed by atoms with Crippen molar-refractivity contribution < 1.29 is 37.4 Å². The Morgan fingerprint density at radius 2 is 1.78 bits per heavy atom. The molecule has 1 amide bonds. The summed E-state index contributed by atoms with van der Waals surface area (Å²) in [5.41, 5.74) is 0.246. The van der Waals surface area contributed by atoms with Gasteiger partial charge in [0.05, 0.1) is 25.5 Å². The topological polar surface area (TPSA) is 102 Å². The molecule has 1 saturated heterocycles. The van der Waals surface area contributed by atoms with Gasteiger partial charge in [-0.1, -0.05) is 0 Å². The maximum Gasteiger partial charge on any atom is 0.330 e. The first kappa shape index (κ1) is 23.9. The highest BCUT2D eigenvalue weighted by Gasteiger charge is 2.47. The Labute approximate surface area is 159 Å². The van der Waals surface area contributed by atoms with E-state index in [1.165, 1.54) is 27.0 Å². The SMILES string of the molecule is CCOP(=O)(CC[C@H]1O[C@@H](N(/C=C(/C)C(C)=O)C(C)=O)[C@H](F)[C@@H]1O)OCC. The molecule has 0 aliphatic carbocycles. The molecular weight excluding hydrogens is 380 g/mol. The Morgan fingerprint density at radius 1 is 1.22 bits per heavy atom. The monoisotopic (exact) mass is 409 g/mol. The number of ether oxygens (including phenoxy) is 1. The minimum absolute atomic E-state index is 0.0243. The zero-order valence-electron chi connectivity index (χ0n) is 16.4. The normalized spacial score (nSPS) is 26.3. The van der Waals surface area contributed by atoms with Crippen molar-refractivity contribution in [2.75, 3.05) is 19.4 Å². The number of aliphatic hydroxyl groups excluding tert-OH is 1. The van der Waals surface area contributed by atoms with Crippen molar-refractivity contribution >= 4 is 19.3 Å². The summed E-state index contributed by atoms with van der Waals surface area (Å²) in [6.07, 6.45) is -4.59. The van der Waals surface area contributed by atoms with Crippen molar-refractivity contribution in [3.05, 3.63) is 11.8 Å². The Kier molecular flexibility index (Phi) is 9.24. The molecule has 8 nitrogen and oxygen atoms in total. The third-order valence-electron chi connectivity index (χ3n) is 4.16.